The number of terminal acetylenes is 1. The number of carbonyl (C=O) groups excluding carboxylic acids is 1. The number of hydrogen-bond donors (Lipinski definition) is 3. The van der Waals surface area contributed by atoms with Gasteiger partial charge in [0.15, 0.2) is 0 Å². The Morgan fingerprint density at radius 2 is 2.04 bits per heavy atom. The minimum Gasteiger partial charge on any atom is -0.340 e. The number of nitrogens with one attached hydrogen (secondary N) is 3. The third-order valence-electron chi connectivity index (χ3n) is 3.51. The lowest BCUT2D eigenvalue weighted by Crippen LogP contribution is -2.28. The monoisotopic (exact) mass is 342 g/mol. The number of fused-ring (bicyclic) bond motifs is 1. The van der Waals surface area contributed by atoms with E-state index >= 15 is 0 Å². The van der Waals surface area contributed by atoms with E-state index in [4.69, 9.17) is 11.7 Å². The first kappa shape index (κ1) is 16.7. The summed E-state index contributed by atoms with van der Waals surface area (Å²) in [6.45, 7) is -0.0686. The van der Waals surface area contributed by atoms with E-state index in [1.54, 1.807) is 18.2 Å². The van der Waals surface area contributed by atoms with Crippen molar-refractivity contribution in [2.24, 2.45) is 0 Å². The van der Waals surface area contributed by atoms with Crippen molar-refractivity contribution in [3.63, 3.8) is 0 Å². The molecule has 0 bridgehead atoms. The topological polar surface area (TPSA) is 103 Å². The summed E-state index contributed by atoms with van der Waals surface area (Å²) in [5.74, 6) is 3.18. The van der Waals surface area contributed by atoms with Crippen LogP contribution in [0.2, 0.25) is 0 Å². The summed E-state index contributed by atoms with van der Waals surface area (Å²) in [5.41, 5.74) is 2.83. The van der Waals surface area contributed by atoms with Crippen molar-refractivity contribution >= 4 is 34.1 Å². The fraction of sp³-hybridized carbons (Fsp3) is 0.0526. The maximum atomic E-state index is 11.7. The lowest BCUT2D eigenvalue weighted by molar-refractivity contribution is 0.253. The molecule has 3 aromatic rings. The first-order valence-corrected chi connectivity index (χ1v) is 7.70. The van der Waals surface area contributed by atoms with Crippen LogP contribution in [-0.2, 0) is 0 Å². The van der Waals surface area contributed by atoms with Gasteiger partial charge >= 0.3 is 6.03 Å². The van der Waals surface area contributed by atoms with Gasteiger partial charge in [0.25, 0.3) is 0 Å². The van der Waals surface area contributed by atoms with Gasteiger partial charge < -0.3 is 16.0 Å². The predicted molar refractivity (Wildman–Crippen MR) is 99.8 cm³/mol. The van der Waals surface area contributed by atoms with Gasteiger partial charge in [0.2, 0.25) is 0 Å². The molecule has 0 saturated carbocycles. The maximum Gasteiger partial charge on any atom is 0.320 e. The number of urea groups is 1. The van der Waals surface area contributed by atoms with E-state index < -0.39 is 6.03 Å². The molecule has 0 spiro atoms. The minimum atomic E-state index is -0.459. The number of nitriles is 1. The summed E-state index contributed by atoms with van der Waals surface area (Å²) >= 11 is 0. The summed E-state index contributed by atoms with van der Waals surface area (Å²) in [7, 11) is 0. The van der Waals surface area contributed by atoms with Crippen molar-refractivity contribution in [3.05, 3.63) is 54.4 Å². The minimum absolute atomic E-state index is 0.0686. The zero-order chi connectivity index (χ0) is 18.4. The summed E-state index contributed by atoms with van der Waals surface area (Å²) in [6, 6.07) is 14.1. The lowest BCUT2D eigenvalue weighted by atomic mass is 10.2. The Kier molecular flexibility index (Phi) is 4.93. The fourth-order valence-corrected chi connectivity index (χ4v) is 2.35. The Balaban J connectivity index is 1.90. The summed E-state index contributed by atoms with van der Waals surface area (Å²) in [6.07, 6.45) is 6.89. The van der Waals surface area contributed by atoms with Gasteiger partial charge in [-0.15, -0.1) is 6.42 Å². The highest BCUT2D eigenvalue weighted by molar-refractivity contribution is 5.96. The second-order valence-corrected chi connectivity index (χ2v) is 5.27. The van der Waals surface area contributed by atoms with Crippen molar-refractivity contribution in [2.75, 3.05) is 17.2 Å². The highest BCUT2D eigenvalue weighted by Gasteiger charge is 2.07. The van der Waals surface area contributed by atoms with E-state index in [0.717, 1.165) is 22.2 Å². The largest absolute Gasteiger partial charge is 0.340 e. The Bertz CT molecular complexity index is 1050. The van der Waals surface area contributed by atoms with E-state index in [1.807, 2.05) is 30.3 Å². The third kappa shape index (κ3) is 3.86. The van der Waals surface area contributed by atoms with Crippen molar-refractivity contribution in [3.8, 4) is 18.4 Å². The molecule has 2 aromatic carbocycles. The molecule has 0 unspecified atom stereocenters. The third-order valence-corrected chi connectivity index (χ3v) is 3.51. The molecular weight excluding hydrogens is 328 g/mol. The average Bonchev–Trinajstić information content (AvgIpc) is 2.67. The first-order chi connectivity index (χ1) is 12.7. The number of nitrogens with zero attached hydrogens (tertiary/aromatic N) is 3. The van der Waals surface area contributed by atoms with Crippen LogP contribution in [0.5, 0.6) is 0 Å². The van der Waals surface area contributed by atoms with Crippen molar-refractivity contribution in [1.29, 1.82) is 5.26 Å². The molecule has 0 aliphatic carbocycles. The second-order valence-electron chi connectivity index (χ2n) is 5.27. The molecule has 3 N–H and O–H groups in total. The van der Waals surface area contributed by atoms with E-state index in [1.165, 1.54) is 6.33 Å². The van der Waals surface area contributed by atoms with E-state index in [-0.39, 0.29) is 6.54 Å². The van der Waals surface area contributed by atoms with Gasteiger partial charge in [-0.25, -0.2) is 14.8 Å². The Morgan fingerprint density at radius 3 is 2.85 bits per heavy atom. The van der Waals surface area contributed by atoms with Gasteiger partial charge in [-0.1, -0.05) is 12.0 Å². The van der Waals surface area contributed by atoms with E-state index in [2.05, 4.69) is 31.8 Å². The normalized spacial score (nSPS) is 9.77. The average molecular weight is 342 g/mol. The number of hydrogen-bond acceptors (Lipinski definition) is 5. The van der Waals surface area contributed by atoms with Crippen LogP contribution in [0.15, 0.2) is 48.8 Å². The highest BCUT2D eigenvalue weighted by atomic mass is 16.2. The molecule has 0 radical (unpaired) electrons. The molecule has 0 atom stereocenters. The molecule has 2 amide bonds. The number of aromatic nitrogens is 2. The molecule has 7 heteroatoms. The molecule has 1 heterocycles. The van der Waals surface area contributed by atoms with Crippen LogP contribution >= 0.6 is 0 Å². The van der Waals surface area contributed by atoms with Gasteiger partial charge in [-0.2, -0.15) is 5.26 Å². The zero-order valence-corrected chi connectivity index (χ0v) is 13.7. The summed E-state index contributed by atoms with van der Waals surface area (Å²) < 4.78 is 0. The molecule has 126 valence electrons. The Labute approximate surface area is 150 Å². The molecule has 0 aliphatic rings. The number of benzene rings is 2. The molecule has 26 heavy (non-hydrogen) atoms. The molecular formula is C19H14N6O. The molecule has 3 rings (SSSR count). The van der Waals surface area contributed by atoms with Crippen molar-refractivity contribution in [2.45, 2.75) is 0 Å². The van der Waals surface area contributed by atoms with Crippen molar-refractivity contribution < 1.29 is 4.79 Å². The van der Waals surface area contributed by atoms with Gasteiger partial charge in [0, 0.05) is 22.3 Å². The van der Waals surface area contributed by atoms with Crippen LogP contribution in [0.3, 0.4) is 0 Å². The quantitative estimate of drug-likeness (QED) is 0.499. The predicted octanol–water partition coefficient (Wildman–Crippen LogP) is 3.00. The van der Waals surface area contributed by atoms with Crippen molar-refractivity contribution in [1.82, 2.24) is 15.3 Å². The van der Waals surface area contributed by atoms with Gasteiger partial charge in [-0.05, 0) is 36.4 Å². The lowest BCUT2D eigenvalue weighted by Gasteiger charge is -2.11. The van der Waals surface area contributed by atoms with Gasteiger partial charge in [0.1, 0.15) is 18.7 Å². The van der Waals surface area contributed by atoms with Crippen LogP contribution in [0.4, 0.5) is 22.0 Å². The van der Waals surface area contributed by atoms with E-state index in [9.17, 15) is 4.79 Å². The van der Waals surface area contributed by atoms with Crippen LogP contribution in [-0.4, -0.2) is 22.5 Å². The number of rotatable bonds is 4. The fourth-order valence-electron chi connectivity index (χ4n) is 2.35. The van der Waals surface area contributed by atoms with Gasteiger partial charge in [0.05, 0.1) is 11.6 Å². The number of carbonyl (C=O) groups is 1. The first-order valence-electron chi connectivity index (χ1n) is 7.70. The standard InChI is InChI=1S/C19H14N6O/c1-2-13-4-3-5-14(10-13)24-18-16-11-15(25-19(26)21-9-8-20)6-7-17(16)22-12-23-18/h1,3-7,10-12H,9H2,(H2,21,25,26)(H,22,23,24). The molecule has 0 saturated heterocycles. The van der Waals surface area contributed by atoms with Crippen LogP contribution in [0.25, 0.3) is 10.9 Å². The molecule has 0 aliphatic heterocycles. The molecule has 7 nitrogen and oxygen atoms in total. The zero-order valence-electron chi connectivity index (χ0n) is 13.7. The number of amides is 2. The van der Waals surface area contributed by atoms with Crippen LogP contribution < -0.4 is 16.0 Å². The smallest absolute Gasteiger partial charge is 0.320 e. The maximum absolute atomic E-state index is 11.7. The second kappa shape index (κ2) is 7.65. The van der Waals surface area contributed by atoms with Gasteiger partial charge in [-0.3, -0.25) is 0 Å². The Hall–Kier alpha value is -4.10. The van der Waals surface area contributed by atoms with Crippen LogP contribution in [0.1, 0.15) is 5.56 Å². The number of anilines is 3. The molecule has 1 aromatic heterocycles. The summed E-state index contributed by atoms with van der Waals surface area (Å²) in [4.78, 5) is 20.2. The van der Waals surface area contributed by atoms with E-state index in [0.29, 0.717) is 11.5 Å². The SMILES string of the molecule is C#Cc1cccc(Nc2ncnc3ccc(NC(=O)NCC#N)cc23)c1. The molecule has 0 fully saturated rings. The Morgan fingerprint density at radius 1 is 1.15 bits per heavy atom. The summed E-state index contributed by atoms with van der Waals surface area (Å²) in [5, 5.41) is 17.5. The van der Waals surface area contributed by atoms with Crippen LogP contribution in [0, 0.1) is 23.7 Å². The highest BCUT2D eigenvalue weighted by Crippen LogP contribution is 2.26.